The number of benzene rings is 1. The maximum absolute atomic E-state index is 13.6. The minimum Gasteiger partial charge on any atom is -0.398 e. The Morgan fingerprint density at radius 1 is 1.37 bits per heavy atom. The number of carbonyl (C=O) groups excluding carboxylic acids is 1. The van der Waals surface area contributed by atoms with Crippen molar-refractivity contribution < 1.29 is 9.18 Å². The lowest BCUT2D eigenvalue weighted by Crippen LogP contribution is -2.28. The molecule has 3 N–H and O–H groups in total. The van der Waals surface area contributed by atoms with Gasteiger partial charge < -0.3 is 11.1 Å². The number of aromatic nitrogens is 1. The average Bonchev–Trinajstić information content (AvgIpc) is 2.39. The van der Waals surface area contributed by atoms with E-state index in [9.17, 15) is 9.18 Å². The average molecular weight is 259 g/mol. The van der Waals surface area contributed by atoms with Crippen molar-refractivity contribution >= 4 is 11.6 Å². The van der Waals surface area contributed by atoms with E-state index in [2.05, 4.69) is 10.3 Å². The first-order valence-corrected chi connectivity index (χ1v) is 5.84. The van der Waals surface area contributed by atoms with Crippen LogP contribution in [0.5, 0.6) is 0 Å². The number of halogens is 1. The van der Waals surface area contributed by atoms with Gasteiger partial charge in [-0.3, -0.25) is 9.78 Å². The van der Waals surface area contributed by atoms with Crippen molar-refractivity contribution in [3.05, 3.63) is 59.7 Å². The quantitative estimate of drug-likeness (QED) is 0.888. The van der Waals surface area contributed by atoms with Crippen LogP contribution >= 0.6 is 0 Å². The van der Waals surface area contributed by atoms with E-state index in [1.807, 2.05) is 0 Å². The zero-order chi connectivity index (χ0) is 13.8. The molecule has 5 heteroatoms. The second-order valence-corrected chi connectivity index (χ2v) is 4.18. The van der Waals surface area contributed by atoms with Crippen molar-refractivity contribution in [3.63, 3.8) is 0 Å². The lowest BCUT2D eigenvalue weighted by Gasteiger charge is -2.15. The highest BCUT2D eigenvalue weighted by Gasteiger charge is 2.15. The molecule has 4 nitrogen and oxygen atoms in total. The summed E-state index contributed by atoms with van der Waals surface area (Å²) in [5, 5.41) is 2.70. The smallest absolute Gasteiger partial charge is 0.255 e. The first kappa shape index (κ1) is 13.0. The summed E-state index contributed by atoms with van der Waals surface area (Å²) in [5.41, 5.74) is 6.74. The van der Waals surface area contributed by atoms with Crippen LogP contribution in [0.4, 0.5) is 10.1 Å². The van der Waals surface area contributed by atoms with Crippen molar-refractivity contribution in [1.29, 1.82) is 0 Å². The third-order valence-corrected chi connectivity index (χ3v) is 2.82. The molecule has 2 rings (SSSR count). The molecule has 1 amide bonds. The highest BCUT2D eigenvalue weighted by Crippen LogP contribution is 2.17. The zero-order valence-corrected chi connectivity index (χ0v) is 10.4. The van der Waals surface area contributed by atoms with E-state index >= 15 is 0 Å². The summed E-state index contributed by atoms with van der Waals surface area (Å²) in [7, 11) is 0. The first-order chi connectivity index (χ1) is 9.09. The van der Waals surface area contributed by atoms with Crippen LogP contribution < -0.4 is 11.1 Å². The van der Waals surface area contributed by atoms with E-state index < -0.39 is 6.04 Å². The summed E-state index contributed by atoms with van der Waals surface area (Å²) in [6.07, 6.45) is 2.89. The number of nitrogens with one attached hydrogen (secondary N) is 1. The standard InChI is InChI=1S/C14H14FN3O/c1-9(10-4-2-3-5-12(10)15)18-14(19)11-8-17-7-6-13(11)16/h2-9H,1H3,(H2,16,17)(H,18,19). The Bertz CT molecular complexity index is 601. The van der Waals surface area contributed by atoms with Crippen molar-refractivity contribution in [1.82, 2.24) is 10.3 Å². The minimum atomic E-state index is -0.451. The van der Waals surface area contributed by atoms with Gasteiger partial charge in [0.05, 0.1) is 11.6 Å². The zero-order valence-electron chi connectivity index (χ0n) is 10.4. The Morgan fingerprint density at radius 3 is 2.79 bits per heavy atom. The van der Waals surface area contributed by atoms with Crippen molar-refractivity contribution in [2.75, 3.05) is 5.73 Å². The van der Waals surface area contributed by atoms with Crippen LogP contribution in [0.15, 0.2) is 42.7 Å². The fourth-order valence-electron chi connectivity index (χ4n) is 1.77. The highest BCUT2D eigenvalue weighted by molar-refractivity contribution is 5.98. The highest BCUT2D eigenvalue weighted by atomic mass is 19.1. The van der Waals surface area contributed by atoms with Crippen LogP contribution in [0.25, 0.3) is 0 Å². The van der Waals surface area contributed by atoms with Gasteiger partial charge in [0.1, 0.15) is 5.82 Å². The topological polar surface area (TPSA) is 68.0 Å². The lowest BCUT2D eigenvalue weighted by molar-refractivity contribution is 0.0940. The molecular weight excluding hydrogens is 245 g/mol. The maximum Gasteiger partial charge on any atom is 0.255 e. The van der Waals surface area contributed by atoms with Gasteiger partial charge in [-0.2, -0.15) is 0 Å². The summed E-state index contributed by atoms with van der Waals surface area (Å²) in [4.78, 5) is 15.9. The second kappa shape index (κ2) is 5.48. The molecule has 0 aliphatic rings. The van der Waals surface area contributed by atoms with Crippen LogP contribution in [0.3, 0.4) is 0 Å². The molecule has 2 aromatic rings. The Labute approximate surface area is 110 Å². The predicted octanol–water partition coefficient (Wildman–Crippen LogP) is 2.29. The van der Waals surface area contributed by atoms with Crippen molar-refractivity contribution in [2.45, 2.75) is 13.0 Å². The Balaban J connectivity index is 2.16. The number of pyridine rings is 1. The number of amides is 1. The molecular formula is C14H14FN3O. The number of rotatable bonds is 3. The summed E-state index contributed by atoms with van der Waals surface area (Å²) < 4.78 is 13.6. The third-order valence-electron chi connectivity index (χ3n) is 2.82. The largest absolute Gasteiger partial charge is 0.398 e. The molecule has 0 spiro atoms. The third kappa shape index (κ3) is 2.88. The van der Waals surface area contributed by atoms with Gasteiger partial charge in [0, 0.05) is 23.6 Å². The van der Waals surface area contributed by atoms with Gasteiger partial charge in [-0.15, -0.1) is 0 Å². The second-order valence-electron chi connectivity index (χ2n) is 4.18. The monoisotopic (exact) mass is 259 g/mol. The molecule has 1 aromatic heterocycles. The van der Waals surface area contributed by atoms with Crippen LogP contribution in [0.2, 0.25) is 0 Å². The van der Waals surface area contributed by atoms with Crippen LogP contribution in [0, 0.1) is 5.82 Å². The van der Waals surface area contributed by atoms with Crippen LogP contribution in [-0.4, -0.2) is 10.9 Å². The number of nitrogen functional groups attached to an aromatic ring is 1. The van der Waals surface area contributed by atoms with Gasteiger partial charge in [-0.05, 0) is 19.1 Å². The first-order valence-electron chi connectivity index (χ1n) is 5.84. The van der Waals surface area contributed by atoms with Gasteiger partial charge in [0.25, 0.3) is 5.91 Å². The maximum atomic E-state index is 13.6. The summed E-state index contributed by atoms with van der Waals surface area (Å²) in [6, 6.07) is 7.41. The number of nitrogens with two attached hydrogens (primary N) is 1. The van der Waals surface area contributed by atoms with E-state index in [0.29, 0.717) is 11.3 Å². The summed E-state index contributed by atoms with van der Waals surface area (Å²) in [5.74, 6) is -0.726. The predicted molar refractivity (Wildman–Crippen MR) is 70.9 cm³/mol. The Kier molecular flexibility index (Phi) is 3.75. The molecule has 1 aromatic carbocycles. The van der Waals surface area contributed by atoms with Gasteiger partial charge in [0.2, 0.25) is 0 Å². The molecule has 0 bridgehead atoms. The normalized spacial score (nSPS) is 11.9. The van der Waals surface area contributed by atoms with Gasteiger partial charge in [-0.25, -0.2) is 4.39 Å². The minimum absolute atomic E-state index is 0.283. The van der Waals surface area contributed by atoms with Crippen molar-refractivity contribution in [2.24, 2.45) is 0 Å². The SMILES string of the molecule is CC(NC(=O)c1cnccc1N)c1ccccc1F. The number of nitrogens with zero attached hydrogens (tertiary/aromatic N) is 1. The number of anilines is 1. The fraction of sp³-hybridized carbons (Fsp3) is 0.143. The molecule has 0 radical (unpaired) electrons. The van der Waals surface area contributed by atoms with E-state index in [-0.39, 0.29) is 17.3 Å². The van der Waals surface area contributed by atoms with E-state index in [1.165, 1.54) is 18.5 Å². The van der Waals surface area contributed by atoms with E-state index in [4.69, 9.17) is 5.73 Å². The number of hydrogen-bond acceptors (Lipinski definition) is 3. The van der Waals surface area contributed by atoms with Gasteiger partial charge >= 0.3 is 0 Å². The van der Waals surface area contributed by atoms with Crippen LogP contribution in [0.1, 0.15) is 28.9 Å². The van der Waals surface area contributed by atoms with Crippen LogP contribution in [-0.2, 0) is 0 Å². The molecule has 1 heterocycles. The van der Waals surface area contributed by atoms with Gasteiger partial charge in [0.15, 0.2) is 0 Å². The molecule has 1 unspecified atom stereocenters. The molecule has 19 heavy (non-hydrogen) atoms. The van der Waals surface area contributed by atoms with Gasteiger partial charge in [-0.1, -0.05) is 18.2 Å². The Hall–Kier alpha value is -2.43. The molecule has 0 aliphatic carbocycles. The molecule has 0 saturated heterocycles. The summed E-state index contributed by atoms with van der Waals surface area (Å²) in [6.45, 7) is 1.71. The van der Waals surface area contributed by atoms with E-state index in [0.717, 1.165) is 0 Å². The molecule has 98 valence electrons. The van der Waals surface area contributed by atoms with Crippen molar-refractivity contribution in [3.8, 4) is 0 Å². The Morgan fingerprint density at radius 2 is 2.11 bits per heavy atom. The molecule has 0 fully saturated rings. The molecule has 0 saturated carbocycles. The lowest BCUT2D eigenvalue weighted by atomic mass is 10.1. The van der Waals surface area contributed by atoms with E-state index in [1.54, 1.807) is 31.2 Å². The summed E-state index contributed by atoms with van der Waals surface area (Å²) >= 11 is 0. The fourth-order valence-corrected chi connectivity index (χ4v) is 1.77. The number of hydrogen-bond donors (Lipinski definition) is 2. The molecule has 0 aliphatic heterocycles. The number of carbonyl (C=O) groups is 1. The molecule has 1 atom stereocenters.